The summed E-state index contributed by atoms with van der Waals surface area (Å²) in [5.41, 5.74) is 2.55. The first-order valence-electron chi connectivity index (χ1n) is 8.08. The molecular formula is C19H20FNO5S. The Kier molecular flexibility index (Phi) is 6.12. The molecule has 8 heteroatoms. The molecule has 27 heavy (non-hydrogen) atoms. The van der Waals surface area contributed by atoms with Crippen LogP contribution < -0.4 is 4.72 Å². The van der Waals surface area contributed by atoms with Gasteiger partial charge in [-0.05, 0) is 68.8 Å². The van der Waals surface area contributed by atoms with E-state index in [1.165, 1.54) is 7.05 Å². The average molecular weight is 393 g/mol. The van der Waals surface area contributed by atoms with E-state index in [0.717, 1.165) is 34.9 Å². The summed E-state index contributed by atoms with van der Waals surface area (Å²) in [5, 5.41) is 0. The van der Waals surface area contributed by atoms with Crippen LogP contribution >= 0.6 is 0 Å². The number of nitrogens with one attached hydrogen (secondary N) is 1. The van der Waals surface area contributed by atoms with Gasteiger partial charge in [0.1, 0.15) is 5.82 Å². The van der Waals surface area contributed by atoms with E-state index in [-0.39, 0.29) is 4.90 Å². The van der Waals surface area contributed by atoms with Gasteiger partial charge in [-0.3, -0.25) is 4.79 Å². The number of ketones is 1. The van der Waals surface area contributed by atoms with Crippen molar-refractivity contribution in [1.82, 2.24) is 4.72 Å². The largest absolute Gasteiger partial charge is 0.454 e. The number of halogens is 1. The minimum atomic E-state index is -3.85. The van der Waals surface area contributed by atoms with Crippen LogP contribution in [0, 0.1) is 26.6 Å². The third kappa shape index (κ3) is 4.58. The number of aryl methyl sites for hydroxylation is 3. The van der Waals surface area contributed by atoms with Gasteiger partial charge in [-0.25, -0.2) is 22.3 Å². The van der Waals surface area contributed by atoms with Crippen LogP contribution in [0.1, 0.15) is 37.4 Å². The fourth-order valence-corrected chi connectivity index (χ4v) is 3.25. The normalized spacial score (nSPS) is 11.3. The smallest absolute Gasteiger partial charge is 0.341 e. The molecular weight excluding hydrogens is 373 g/mol. The van der Waals surface area contributed by atoms with Gasteiger partial charge in [-0.15, -0.1) is 0 Å². The molecule has 0 unspecified atom stereocenters. The van der Waals surface area contributed by atoms with Crippen molar-refractivity contribution in [1.29, 1.82) is 0 Å². The van der Waals surface area contributed by atoms with Gasteiger partial charge in [-0.2, -0.15) is 0 Å². The molecule has 0 saturated heterocycles. The van der Waals surface area contributed by atoms with Crippen molar-refractivity contribution in [2.45, 2.75) is 25.7 Å². The van der Waals surface area contributed by atoms with E-state index in [0.29, 0.717) is 5.56 Å². The van der Waals surface area contributed by atoms with E-state index in [1.54, 1.807) is 13.0 Å². The number of carbonyl (C=O) groups is 2. The lowest BCUT2D eigenvalue weighted by Gasteiger charge is -2.10. The number of hydrogen-bond donors (Lipinski definition) is 1. The highest BCUT2D eigenvalue weighted by atomic mass is 32.2. The van der Waals surface area contributed by atoms with Crippen LogP contribution in [0.2, 0.25) is 0 Å². The summed E-state index contributed by atoms with van der Waals surface area (Å²) in [7, 11) is -2.66. The lowest BCUT2D eigenvalue weighted by Crippen LogP contribution is -2.20. The fourth-order valence-electron chi connectivity index (χ4n) is 2.49. The maximum absolute atomic E-state index is 13.9. The average Bonchev–Trinajstić information content (AvgIpc) is 2.62. The molecule has 0 heterocycles. The maximum atomic E-state index is 13.9. The summed E-state index contributed by atoms with van der Waals surface area (Å²) in [6.45, 7) is 4.98. The molecule has 2 rings (SSSR count). The van der Waals surface area contributed by atoms with Crippen LogP contribution in [0.4, 0.5) is 4.39 Å². The second kappa shape index (κ2) is 7.98. The van der Waals surface area contributed by atoms with Crippen molar-refractivity contribution >= 4 is 21.8 Å². The molecule has 144 valence electrons. The highest BCUT2D eigenvalue weighted by molar-refractivity contribution is 7.89. The first-order valence-corrected chi connectivity index (χ1v) is 9.56. The number of carbonyl (C=O) groups excluding carboxylic acids is 2. The van der Waals surface area contributed by atoms with E-state index < -0.39 is 39.8 Å². The van der Waals surface area contributed by atoms with Crippen LogP contribution in [0.25, 0.3) is 0 Å². The zero-order chi connectivity index (χ0) is 20.4. The van der Waals surface area contributed by atoms with Gasteiger partial charge < -0.3 is 4.74 Å². The predicted molar refractivity (Wildman–Crippen MR) is 97.9 cm³/mol. The number of sulfonamides is 1. The van der Waals surface area contributed by atoms with Crippen molar-refractivity contribution in [3.05, 3.63) is 64.0 Å². The zero-order valence-electron chi connectivity index (χ0n) is 15.4. The van der Waals surface area contributed by atoms with E-state index in [4.69, 9.17) is 4.74 Å². The molecule has 0 amide bonds. The summed E-state index contributed by atoms with van der Waals surface area (Å²) >= 11 is 0. The second-order valence-electron chi connectivity index (χ2n) is 6.10. The summed E-state index contributed by atoms with van der Waals surface area (Å²) < 4.78 is 44.5. The maximum Gasteiger partial charge on any atom is 0.341 e. The molecule has 2 aromatic rings. The Bertz CT molecular complexity index is 1020. The van der Waals surface area contributed by atoms with Gasteiger partial charge in [-0.1, -0.05) is 6.07 Å². The highest BCUT2D eigenvalue weighted by Gasteiger charge is 2.21. The molecule has 0 aromatic heterocycles. The minimum absolute atomic E-state index is 0.283. The molecule has 0 saturated carbocycles. The second-order valence-corrected chi connectivity index (χ2v) is 7.99. The van der Waals surface area contributed by atoms with Crippen molar-refractivity contribution in [3.63, 3.8) is 0 Å². The Morgan fingerprint density at radius 1 is 1.00 bits per heavy atom. The molecule has 1 N–H and O–H groups in total. The van der Waals surface area contributed by atoms with Gasteiger partial charge in [0.25, 0.3) is 0 Å². The monoisotopic (exact) mass is 393 g/mol. The van der Waals surface area contributed by atoms with E-state index in [9.17, 15) is 22.4 Å². The fraction of sp³-hybridized carbons (Fsp3) is 0.263. The number of esters is 1. The van der Waals surface area contributed by atoms with E-state index in [2.05, 4.69) is 4.72 Å². The summed E-state index contributed by atoms with van der Waals surface area (Å²) in [6.07, 6.45) is 0. The summed E-state index contributed by atoms with van der Waals surface area (Å²) in [6, 6.07) is 6.32. The van der Waals surface area contributed by atoms with E-state index in [1.807, 2.05) is 19.9 Å². The Hall–Kier alpha value is -2.58. The first kappa shape index (κ1) is 20.7. The van der Waals surface area contributed by atoms with E-state index >= 15 is 0 Å². The third-order valence-electron chi connectivity index (χ3n) is 4.21. The molecule has 0 bridgehead atoms. The number of rotatable bonds is 6. The van der Waals surface area contributed by atoms with Crippen LogP contribution in [0.15, 0.2) is 35.2 Å². The van der Waals surface area contributed by atoms with Gasteiger partial charge in [0.15, 0.2) is 6.61 Å². The number of ether oxygens (including phenoxy) is 1. The van der Waals surface area contributed by atoms with Gasteiger partial charge in [0, 0.05) is 5.56 Å². The van der Waals surface area contributed by atoms with Crippen molar-refractivity contribution in [2.24, 2.45) is 0 Å². The van der Waals surface area contributed by atoms with Gasteiger partial charge in [0.05, 0.1) is 10.5 Å². The zero-order valence-corrected chi connectivity index (χ0v) is 16.2. The van der Waals surface area contributed by atoms with Crippen LogP contribution in [-0.4, -0.2) is 33.8 Å². The number of Topliss-reactive ketones (excluding diaryl/α,β-unsaturated/α-hetero) is 1. The summed E-state index contributed by atoms with van der Waals surface area (Å²) in [4.78, 5) is 24.2. The lowest BCUT2D eigenvalue weighted by atomic mass is 9.98. The minimum Gasteiger partial charge on any atom is -0.454 e. The standard InChI is InChI=1S/C19H20FNO5S/c1-11-7-13(3)15(8-12(11)2)18(22)10-26-19(23)16-9-14(5-6-17(16)20)27(24,25)21-4/h5-9,21H,10H2,1-4H3. The SMILES string of the molecule is CNS(=O)(=O)c1ccc(F)c(C(=O)OCC(=O)c2cc(C)c(C)cc2C)c1. The molecule has 0 aliphatic carbocycles. The molecule has 0 radical (unpaired) electrons. The number of hydrogen-bond acceptors (Lipinski definition) is 5. The van der Waals surface area contributed by atoms with Crippen molar-refractivity contribution in [3.8, 4) is 0 Å². The van der Waals surface area contributed by atoms with Gasteiger partial charge >= 0.3 is 5.97 Å². The van der Waals surface area contributed by atoms with Crippen molar-refractivity contribution in [2.75, 3.05) is 13.7 Å². The quantitative estimate of drug-likeness (QED) is 0.602. The Morgan fingerprint density at radius 3 is 2.26 bits per heavy atom. The van der Waals surface area contributed by atoms with Crippen molar-refractivity contribution < 1.29 is 27.1 Å². The lowest BCUT2D eigenvalue weighted by molar-refractivity contribution is 0.0469. The third-order valence-corrected chi connectivity index (χ3v) is 5.62. The number of benzene rings is 2. The topological polar surface area (TPSA) is 89.5 Å². The summed E-state index contributed by atoms with van der Waals surface area (Å²) in [5.74, 6) is -2.48. The highest BCUT2D eigenvalue weighted by Crippen LogP contribution is 2.18. The van der Waals surface area contributed by atoms with Gasteiger partial charge in [0.2, 0.25) is 15.8 Å². The molecule has 2 aromatic carbocycles. The Labute approximate surface area is 157 Å². The Morgan fingerprint density at radius 2 is 1.63 bits per heavy atom. The van der Waals surface area contributed by atoms with Crippen LogP contribution in [0.5, 0.6) is 0 Å². The Balaban J connectivity index is 2.20. The molecule has 0 spiro atoms. The van der Waals surface area contributed by atoms with Crippen LogP contribution in [-0.2, 0) is 14.8 Å². The molecule has 0 fully saturated rings. The first-order chi connectivity index (χ1) is 12.6. The molecule has 6 nitrogen and oxygen atoms in total. The molecule has 0 aliphatic rings. The van der Waals surface area contributed by atoms with Crippen LogP contribution in [0.3, 0.4) is 0 Å². The molecule has 0 aliphatic heterocycles. The predicted octanol–water partition coefficient (Wildman–Crippen LogP) is 2.70. The molecule has 0 atom stereocenters.